The van der Waals surface area contributed by atoms with Gasteiger partial charge in [-0.15, -0.1) is 0 Å². The number of aryl methyl sites for hydroxylation is 1. The third-order valence-electron chi connectivity index (χ3n) is 3.31. The fourth-order valence-electron chi connectivity index (χ4n) is 2.42. The van der Waals surface area contributed by atoms with Crippen molar-refractivity contribution in [1.29, 1.82) is 0 Å². The van der Waals surface area contributed by atoms with Gasteiger partial charge in [-0.1, -0.05) is 19.1 Å². The molecule has 0 amide bonds. The third kappa shape index (κ3) is 2.37. The smallest absolute Gasteiger partial charge is 0.160 e. The maximum atomic E-state index is 9.59. The molecule has 3 aromatic rings. The highest BCUT2D eigenvalue weighted by atomic mass is 16.3. The molecule has 0 aliphatic carbocycles. The van der Waals surface area contributed by atoms with Crippen LogP contribution >= 0.6 is 0 Å². The molecule has 2 heterocycles. The molecule has 2 aromatic heterocycles. The Morgan fingerprint density at radius 3 is 2.90 bits per heavy atom. The fraction of sp³-hybridized carbons (Fsp3) is 0.250. The number of aromatic nitrogens is 3. The summed E-state index contributed by atoms with van der Waals surface area (Å²) in [6.07, 6.45) is 3.76. The minimum absolute atomic E-state index is 0.289. The van der Waals surface area contributed by atoms with Gasteiger partial charge in [0.25, 0.3) is 0 Å². The van der Waals surface area contributed by atoms with Gasteiger partial charge >= 0.3 is 0 Å². The lowest BCUT2D eigenvalue weighted by Gasteiger charge is -2.08. The molecule has 0 spiro atoms. The van der Waals surface area contributed by atoms with Gasteiger partial charge in [-0.05, 0) is 36.2 Å². The summed E-state index contributed by atoms with van der Waals surface area (Å²) in [5.74, 6) is 1.33. The number of fused-ring (bicyclic) bond motifs is 1. The largest absolute Gasteiger partial charge is 0.508 e. The summed E-state index contributed by atoms with van der Waals surface area (Å²) in [6.45, 7) is 2.82. The molecule has 0 saturated heterocycles. The van der Waals surface area contributed by atoms with Gasteiger partial charge in [0.05, 0.1) is 6.54 Å². The van der Waals surface area contributed by atoms with Crippen molar-refractivity contribution in [1.82, 2.24) is 14.5 Å². The zero-order chi connectivity index (χ0) is 13.9. The fourth-order valence-corrected chi connectivity index (χ4v) is 2.42. The maximum Gasteiger partial charge on any atom is 0.160 e. The Hall–Kier alpha value is -2.36. The van der Waals surface area contributed by atoms with Crippen LogP contribution in [0.25, 0.3) is 11.2 Å². The number of benzene rings is 1. The van der Waals surface area contributed by atoms with Crippen molar-refractivity contribution >= 4 is 11.2 Å². The molecule has 0 aliphatic rings. The van der Waals surface area contributed by atoms with Crippen LogP contribution in [0, 0.1) is 0 Å². The van der Waals surface area contributed by atoms with E-state index in [1.165, 1.54) is 0 Å². The Morgan fingerprint density at radius 1 is 1.20 bits per heavy atom. The summed E-state index contributed by atoms with van der Waals surface area (Å²) in [7, 11) is 0. The Balaban J connectivity index is 2.06. The van der Waals surface area contributed by atoms with Gasteiger partial charge in [-0.2, -0.15) is 0 Å². The molecule has 0 atom stereocenters. The molecule has 1 aromatic carbocycles. The van der Waals surface area contributed by atoms with Gasteiger partial charge in [0, 0.05) is 12.6 Å². The first-order valence-corrected chi connectivity index (χ1v) is 6.86. The molecule has 102 valence electrons. The lowest BCUT2D eigenvalue weighted by atomic mass is 10.2. The standard InChI is InChI=1S/C16H17N3O/c1-2-5-15-18-14-8-4-9-17-16(14)19(15)11-12-6-3-7-13(20)10-12/h3-4,6-10,20H,2,5,11H2,1H3. The van der Waals surface area contributed by atoms with E-state index in [2.05, 4.69) is 21.5 Å². The monoisotopic (exact) mass is 267 g/mol. The Kier molecular flexibility index (Phi) is 3.37. The van der Waals surface area contributed by atoms with Crippen LogP contribution in [0.3, 0.4) is 0 Å². The van der Waals surface area contributed by atoms with E-state index in [-0.39, 0.29) is 5.75 Å². The highest BCUT2D eigenvalue weighted by Gasteiger charge is 2.11. The van der Waals surface area contributed by atoms with Crippen molar-refractivity contribution in [2.24, 2.45) is 0 Å². The molecule has 4 heteroatoms. The number of nitrogens with zero attached hydrogens (tertiary/aromatic N) is 3. The van der Waals surface area contributed by atoms with E-state index < -0.39 is 0 Å². The van der Waals surface area contributed by atoms with Crippen molar-refractivity contribution in [2.75, 3.05) is 0 Å². The number of phenols is 1. The number of hydrogen-bond acceptors (Lipinski definition) is 3. The summed E-state index contributed by atoms with van der Waals surface area (Å²) in [5, 5.41) is 9.59. The molecule has 1 N–H and O–H groups in total. The average Bonchev–Trinajstić information content (AvgIpc) is 2.78. The van der Waals surface area contributed by atoms with Crippen molar-refractivity contribution in [3.63, 3.8) is 0 Å². The van der Waals surface area contributed by atoms with Gasteiger partial charge < -0.3 is 9.67 Å². The summed E-state index contributed by atoms with van der Waals surface area (Å²) in [4.78, 5) is 9.10. The van der Waals surface area contributed by atoms with Crippen LogP contribution in [0.15, 0.2) is 42.6 Å². The van der Waals surface area contributed by atoms with Crippen LogP contribution in [0.5, 0.6) is 5.75 Å². The van der Waals surface area contributed by atoms with E-state index in [0.29, 0.717) is 6.54 Å². The number of rotatable bonds is 4. The molecular formula is C16H17N3O. The van der Waals surface area contributed by atoms with Crippen LogP contribution in [0.1, 0.15) is 24.7 Å². The van der Waals surface area contributed by atoms with Crippen molar-refractivity contribution in [3.8, 4) is 5.75 Å². The second kappa shape index (κ2) is 5.33. The summed E-state index contributed by atoms with van der Waals surface area (Å²) in [6, 6.07) is 11.2. The molecule has 0 radical (unpaired) electrons. The lowest BCUT2D eigenvalue weighted by Crippen LogP contribution is -2.05. The van der Waals surface area contributed by atoms with Crippen LogP contribution < -0.4 is 0 Å². The van der Waals surface area contributed by atoms with Crippen molar-refractivity contribution in [2.45, 2.75) is 26.3 Å². The summed E-state index contributed by atoms with van der Waals surface area (Å²) < 4.78 is 2.13. The van der Waals surface area contributed by atoms with Crippen LogP contribution in [0.2, 0.25) is 0 Å². The first kappa shape index (κ1) is 12.7. The van der Waals surface area contributed by atoms with E-state index in [1.807, 2.05) is 24.3 Å². The topological polar surface area (TPSA) is 50.9 Å². The van der Waals surface area contributed by atoms with E-state index in [1.54, 1.807) is 18.3 Å². The molecule has 0 aliphatic heterocycles. The van der Waals surface area contributed by atoms with E-state index in [9.17, 15) is 5.11 Å². The Morgan fingerprint density at radius 2 is 2.10 bits per heavy atom. The second-order valence-electron chi connectivity index (χ2n) is 4.88. The third-order valence-corrected chi connectivity index (χ3v) is 3.31. The lowest BCUT2D eigenvalue weighted by molar-refractivity contribution is 0.474. The molecular weight excluding hydrogens is 250 g/mol. The van der Waals surface area contributed by atoms with E-state index in [0.717, 1.165) is 35.4 Å². The Labute approximate surface area is 117 Å². The first-order chi connectivity index (χ1) is 9.78. The minimum Gasteiger partial charge on any atom is -0.508 e. The first-order valence-electron chi connectivity index (χ1n) is 6.86. The van der Waals surface area contributed by atoms with Crippen molar-refractivity contribution < 1.29 is 5.11 Å². The van der Waals surface area contributed by atoms with Crippen LogP contribution in [-0.4, -0.2) is 19.6 Å². The SMILES string of the molecule is CCCc1nc2cccnc2n1Cc1cccc(O)c1. The number of aromatic hydroxyl groups is 1. The zero-order valence-electron chi connectivity index (χ0n) is 11.5. The van der Waals surface area contributed by atoms with Gasteiger partial charge in [-0.3, -0.25) is 0 Å². The van der Waals surface area contributed by atoms with Gasteiger partial charge in [0.1, 0.15) is 17.1 Å². The highest BCUT2D eigenvalue weighted by molar-refractivity contribution is 5.71. The quantitative estimate of drug-likeness (QED) is 0.790. The summed E-state index contributed by atoms with van der Waals surface area (Å²) in [5.41, 5.74) is 2.88. The van der Waals surface area contributed by atoms with Gasteiger partial charge in [0.15, 0.2) is 5.65 Å². The molecule has 0 bridgehead atoms. The average molecular weight is 267 g/mol. The molecule has 3 rings (SSSR count). The molecule has 0 saturated carbocycles. The second-order valence-corrected chi connectivity index (χ2v) is 4.88. The Bertz CT molecular complexity index is 733. The zero-order valence-corrected chi connectivity index (χ0v) is 11.5. The molecule has 4 nitrogen and oxygen atoms in total. The van der Waals surface area contributed by atoms with E-state index in [4.69, 9.17) is 0 Å². The molecule has 20 heavy (non-hydrogen) atoms. The summed E-state index contributed by atoms with van der Waals surface area (Å²) >= 11 is 0. The van der Waals surface area contributed by atoms with Crippen molar-refractivity contribution in [3.05, 3.63) is 54.0 Å². The predicted octanol–water partition coefficient (Wildman–Crippen LogP) is 3.14. The maximum absolute atomic E-state index is 9.59. The highest BCUT2D eigenvalue weighted by Crippen LogP contribution is 2.18. The van der Waals surface area contributed by atoms with E-state index >= 15 is 0 Å². The number of imidazole rings is 1. The number of pyridine rings is 1. The van der Waals surface area contributed by atoms with Gasteiger partial charge in [-0.25, -0.2) is 9.97 Å². The predicted molar refractivity (Wildman–Crippen MR) is 78.7 cm³/mol. The molecule has 0 fully saturated rings. The van der Waals surface area contributed by atoms with Crippen LogP contribution in [-0.2, 0) is 13.0 Å². The molecule has 0 unspecified atom stereocenters. The number of hydrogen-bond donors (Lipinski definition) is 1. The number of phenolic OH excluding ortho intramolecular Hbond substituents is 1. The minimum atomic E-state index is 0.289. The van der Waals surface area contributed by atoms with Gasteiger partial charge in [0.2, 0.25) is 0 Å². The normalized spacial score (nSPS) is 11.1. The van der Waals surface area contributed by atoms with Crippen LogP contribution in [0.4, 0.5) is 0 Å².